The van der Waals surface area contributed by atoms with Crippen molar-refractivity contribution in [2.45, 2.75) is 39.0 Å². The summed E-state index contributed by atoms with van der Waals surface area (Å²) in [5.41, 5.74) is 3.04. The highest BCUT2D eigenvalue weighted by Crippen LogP contribution is 2.42. The Bertz CT molecular complexity index is 399. The SMILES string of the molecule is CCCSC(=S)SCC(F)(F)C(C)(C#N)CCC(N)=O. The van der Waals surface area contributed by atoms with Gasteiger partial charge in [-0.05, 0) is 25.5 Å². The van der Waals surface area contributed by atoms with Gasteiger partial charge in [0.2, 0.25) is 5.91 Å². The summed E-state index contributed by atoms with van der Waals surface area (Å²) in [6.07, 6.45) is 0.414. The highest BCUT2D eigenvalue weighted by molar-refractivity contribution is 8.47. The van der Waals surface area contributed by atoms with Crippen LogP contribution in [0.3, 0.4) is 0 Å². The third-order valence-corrected chi connectivity index (χ3v) is 5.73. The molecular formula is C12H18F2N2OS3. The number of rotatable bonds is 8. The number of primary amides is 1. The molecular weight excluding hydrogens is 322 g/mol. The van der Waals surface area contributed by atoms with Crippen LogP contribution in [0.1, 0.15) is 33.1 Å². The van der Waals surface area contributed by atoms with E-state index in [4.69, 9.17) is 23.2 Å². The Morgan fingerprint density at radius 3 is 2.50 bits per heavy atom. The van der Waals surface area contributed by atoms with Crippen LogP contribution in [-0.4, -0.2) is 26.9 Å². The predicted octanol–water partition coefficient (Wildman–Crippen LogP) is 3.58. The first-order valence-corrected chi connectivity index (χ1v) is 8.43. The first-order chi connectivity index (χ1) is 9.18. The Morgan fingerprint density at radius 1 is 1.45 bits per heavy atom. The van der Waals surface area contributed by atoms with E-state index in [1.807, 2.05) is 6.92 Å². The largest absolute Gasteiger partial charge is 0.370 e. The van der Waals surface area contributed by atoms with Crippen LogP contribution in [0.2, 0.25) is 0 Å². The Morgan fingerprint density at radius 2 is 2.05 bits per heavy atom. The summed E-state index contributed by atoms with van der Waals surface area (Å²) >= 11 is 7.22. The molecule has 0 aromatic rings. The van der Waals surface area contributed by atoms with Crippen LogP contribution in [0.5, 0.6) is 0 Å². The van der Waals surface area contributed by atoms with E-state index in [0.29, 0.717) is 3.53 Å². The van der Waals surface area contributed by atoms with Crippen molar-refractivity contribution >= 4 is 45.2 Å². The highest BCUT2D eigenvalue weighted by atomic mass is 32.2. The number of hydrogen-bond acceptors (Lipinski definition) is 5. The van der Waals surface area contributed by atoms with E-state index >= 15 is 0 Å². The second-order valence-electron chi connectivity index (χ2n) is 4.50. The molecule has 0 fully saturated rings. The van der Waals surface area contributed by atoms with Gasteiger partial charge in [-0.15, -0.1) is 23.5 Å². The van der Waals surface area contributed by atoms with Gasteiger partial charge in [-0.2, -0.15) is 5.26 Å². The molecule has 0 bridgehead atoms. The average Bonchev–Trinajstić information content (AvgIpc) is 2.39. The summed E-state index contributed by atoms with van der Waals surface area (Å²) in [6, 6.07) is 1.62. The van der Waals surface area contributed by atoms with Gasteiger partial charge in [-0.25, -0.2) is 8.78 Å². The first-order valence-electron chi connectivity index (χ1n) is 6.05. The van der Waals surface area contributed by atoms with Crippen molar-refractivity contribution in [1.82, 2.24) is 0 Å². The Hall–Kier alpha value is -0.390. The normalized spacial score (nSPS) is 14.3. The maximum absolute atomic E-state index is 14.1. The van der Waals surface area contributed by atoms with Gasteiger partial charge in [0.1, 0.15) is 8.94 Å². The zero-order valence-electron chi connectivity index (χ0n) is 11.4. The highest BCUT2D eigenvalue weighted by Gasteiger charge is 2.50. The van der Waals surface area contributed by atoms with E-state index in [2.05, 4.69) is 0 Å². The number of nitriles is 1. The Kier molecular flexibility index (Phi) is 8.63. The minimum absolute atomic E-state index is 0.237. The molecule has 2 N–H and O–H groups in total. The summed E-state index contributed by atoms with van der Waals surface area (Å²) in [4.78, 5) is 10.7. The second kappa shape index (κ2) is 8.80. The van der Waals surface area contributed by atoms with Crippen molar-refractivity contribution in [2.24, 2.45) is 11.1 Å². The van der Waals surface area contributed by atoms with Gasteiger partial charge in [-0.3, -0.25) is 4.79 Å². The van der Waals surface area contributed by atoms with Crippen molar-refractivity contribution in [3.63, 3.8) is 0 Å². The standard InChI is InChI=1S/C12H18F2N2OS3/c1-3-6-19-10(18)20-8-12(13,14)11(2,7-15)5-4-9(16)17/h3-6,8H2,1-2H3,(H2,16,17). The molecule has 0 aliphatic carbocycles. The third kappa shape index (κ3) is 6.37. The Labute approximate surface area is 132 Å². The lowest BCUT2D eigenvalue weighted by Crippen LogP contribution is -2.41. The molecule has 1 amide bonds. The Balaban J connectivity index is 4.61. The lowest BCUT2D eigenvalue weighted by atomic mass is 9.81. The van der Waals surface area contributed by atoms with Crippen molar-refractivity contribution in [3.8, 4) is 6.07 Å². The molecule has 20 heavy (non-hydrogen) atoms. The monoisotopic (exact) mass is 340 g/mol. The van der Waals surface area contributed by atoms with E-state index in [-0.39, 0.29) is 12.8 Å². The molecule has 1 unspecified atom stereocenters. The molecule has 0 rings (SSSR count). The number of thiocarbonyl (C=S) groups is 1. The van der Waals surface area contributed by atoms with E-state index in [9.17, 15) is 13.6 Å². The molecule has 3 nitrogen and oxygen atoms in total. The summed E-state index contributed by atoms with van der Waals surface area (Å²) < 4.78 is 28.7. The van der Waals surface area contributed by atoms with E-state index in [0.717, 1.165) is 30.9 Å². The van der Waals surface area contributed by atoms with E-state index in [1.165, 1.54) is 11.8 Å². The van der Waals surface area contributed by atoms with Crippen LogP contribution in [0, 0.1) is 16.7 Å². The minimum atomic E-state index is -3.24. The van der Waals surface area contributed by atoms with Crippen LogP contribution in [0.4, 0.5) is 8.78 Å². The van der Waals surface area contributed by atoms with Crippen LogP contribution < -0.4 is 5.73 Å². The quantitative estimate of drug-likeness (QED) is 0.684. The van der Waals surface area contributed by atoms with Gasteiger partial charge in [0.15, 0.2) is 0 Å². The molecule has 0 heterocycles. The molecule has 0 saturated heterocycles. The second-order valence-corrected chi connectivity index (χ2v) is 7.78. The number of nitrogens with two attached hydrogens (primary N) is 1. The van der Waals surface area contributed by atoms with Crippen molar-refractivity contribution in [3.05, 3.63) is 0 Å². The molecule has 0 saturated carbocycles. The number of alkyl halides is 2. The summed E-state index contributed by atoms with van der Waals surface area (Å²) in [7, 11) is 0. The van der Waals surface area contributed by atoms with Crippen LogP contribution in [-0.2, 0) is 4.79 Å². The lowest BCUT2D eigenvalue weighted by molar-refractivity contribution is -0.120. The van der Waals surface area contributed by atoms with Crippen molar-refractivity contribution in [2.75, 3.05) is 11.5 Å². The van der Waals surface area contributed by atoms with Gasteiger partial charge in [0.05, 0.1) is 11.8 Å². The summed E-state index contributed by atoms with van der Waals surface area (Å²) in [5.74, 6) is -3.71. The maximum atomic E-state index is 14.1. The predicted molar refractivity (Wildman–Crippen MR) is 84.9 cm³/mol. The number of carbonyl (C=O) groups excluding carboxylic acids is 1. The van der Waals surface area contributed by atoms with Gasteiger partial charge < -0.3 is 5.73 Å². The third-order valence-electron chi connectivity index (χ3n) is 2.72. The fourth-order valence-electron chi connectivity index (χ4n) is 1.23. The van der Waals surface area contributed by atoms with Gasteiger partial charge in [0, 0.05) is 6.42 Å². The first kappa shape index (κ1) is 19.6. The number of carbonyl (C=O) groups is 1. The fraction of sp³-hybridized carbons (Fsp3) is 0.750. The van der Waals surface area contributed by atoms with E-state index < -0.39 is 23.0 Å². The van der Waals surface area contributed by atoms with Crippen LogP contribution in [0.25, 0.3) is 0 Å². The molecule has 0 radical (unpaired) electrons. The number of hydrogen-bond donors (Lipinski definition) is 1. The summed E-state index contributed by atoms with van der Waals surface area (Å²) in [6.45, 7) is 3.13. The number of halogens is 2. The summed E-state index contributed by atoms with van der Waals surface area (Å²) in [5, 5.41) is 9.01. The smallest absolute Gasteiger partial charge is 0.275 e. The molecule has 114 valence electrons. The number of amides is 1. The number of thioether (sulfide) groups is 2. The maximum Gasteiger partial charge on any atom is 0.275 e. The minimum Gasteiger partial charge on any atom is -0.370 e. The molecule has 0 spiro atoms. The lowest BCUT2D eigenvalue weighted by Gasteiger charge is -2.30. The average molecular weight is 340 g/mol. The van der Waals surface area contributed by atoms with Crippen molar-refractivity contribution < 1.29 is 13.6 Å². The number of nitrogens with zero attached hydrogens (tertiary/aromatic N) is 1. The molecule has 8 heteroatoms. The van der Waals surface area contributed by atoms with Gasteiger partial charge in [-0.1, -0.05) is 19.1 Å². The molecule has 1 atom stereocenters. The molecule has 0 aromatic heterocycles. The van der Waals surface area contributed by atoms with Crippen LogP contribution in [0.15, 0.2) is 0 Å². The zero-order valence-corrected chi connectivity index (χ0v) is 13.9. The van der Waals surface area contributed by atoms with Gasteiger partial charge >= 0.3 is 0 Å². The zero-order chi connectivity index (χ0) is 15.8. The van der Waals surface area contributed by atoms with Gasteiger partial charge in [0.25, 0.3) is 5.92 Å². The molecule has 0 aliphatic rings. The topological polar surface area (TPSA) is 66.9 Å². The van der Waals surface area contributed by atoms with E-state index in [1.54, 1.807) is 6.07 Å². The van der Waals surface area contributed by atoms with Crippen LogP contribution >= 0.6 is 35.7 Å². The fourth-order valence-corrected chi connectivity index (χ4v) is 3.41. The molecule has 0 aliphatic heterocycles. The molecule has 0 aromatic carbocycles. The van der Waals surface area contributed by atoms with Crippen molar-refractivity contribution in [1.29, 1.82) is 5.26 Å².